The Morgan fingerprint density at radius 3 is 2.78 bits per heavy atom. The molecule has 2 saturated carbocycles. The molecule has 0 radical (unpaired) electrons. The minimum atomic E-state index is -0.325. The van der Waals surface area contributed by atoms with E-state index in [1.54, 1.807) is 11.8 Å². The fourth-order valence-electron chi connectivity index (χ4n) is 4.81. The number of nitrogens with one attached hydrogen (secondary N) is 1. The summed E-state index contributed by atoms with van der Waals surface area (Å²) in [6.45, 7) is 5.54. The van der Waals surface area contributed by atoms with Crippen molar-refractivity contribution in [3.8, 4) is 0 Å². The Bertz CT molecular complexity index is 502. The van der Waals surface area contributed by atoms with Crippen LogP contribution in [0.3, 0.4) is 0 Å². The topological polar surface area (TPSA) is 44.7 Å². The summed E-state index contributed by atoms with van der Waals surface area (Å²) in [6, 6.07) is 0.473. The van der Waals surface area contributed by atoms with Gasteiger partial charge in [-0.25, -0.2) is 0 Å². The molecule has 23 heavy (non-hydrogen) atoms. The summed E-state index contributed by atoms with van der Waals surface area (Å²) < 4.78 is -0.325. The number of amidine groups is 1. The summed E-state index contributed by atoms with van der Waals surface area (Å²) in [5, 5.41) is 3.97. The normalized spacial score (nSPS) is 42.6. The number of nitrogens with zero attached hydrogens (tertiary/aromatic N) is 2. The van der Waals surface area contributed by atoms with Crippen LogP contribution < -0.4 is 5.32 Å². The van der Waals surface area contributed by atoms with Crippen LogP contribution in [0.2, 0.25) is 0 Å². The molecule has 2 heterocycles. The molecule has 2 saturated heterocycles. The molecule has 5 heteroatoms. The lowest BCUT2D eigenvalue weighted by Crippen LogP contribution is -2.39. The second-order valence-corrected chi connectivity index (χ2v) is 9.61. The Hall–Kier alpha value is -0.550. The number of thioether (sulfide) groups is 1. The third-order valence-electron chi connectivity index (χ3n) is 6.36. The van der Waals surface area contributed by atoms with Crippen LogP contribution in [0.5, 0.6) is 0 Å². The summed E-state index contributed by atoms with van der Waals surface area (Å²) in [5.41, 5.74) is 0. The molecule has 4 unspecified atom stereocenters. The summed E-state index contributed by atoms with van der Waals surface area (Å²) in [7, 11) is 0. The first-order valence-electron chi connectivity index (χ1n) is 9.43. The zero-order chi connectivity index (χ0) is 15.9. The van der Waals surface area contributed by atoms with Gasteiger partial charge >= 0.3 is 0 Å². The highest BCUT2D eigenvalue weighted by atomic mass is 32.2. The summed E-state index contributed by atoms with van der Waals surface area (Å²) in [5.74, 6) is 1.86. The minimum Gasteiger partial charge on any atom is -0.304 e. The quantitative estimate of drug-likeness (QED) is 0.859. The van der Waals surface area contributed by atoms with Crippen LogP contribution in [0.4, 0.5) is 0 Å². The van der Waals surface area contributed by atoms with Crippen LogP contribution >= 0.6 is 11.8 Å². The second kappa shape index (κ2) is 6.40. The van der Waals surface area contributed by atoms with Gasteiger partial charge in [0, 0.05) is 0 Å². The maximum Gasteiger partial charge on any atom is 0.242 e. The lowest BCUT2D eigenvalue weighted by molar-refractivity contribution is -0.121. The number of hydrogen-bond donors (Lipinski definition) is 1. The Kier molecular flexibility index (Phi) is 4.43. The minimum absolute atomic E-state index is 0.168. The van der Waals surface area contributed by atoms with E-state index in [0.717, 1.165) is 30.0 Å². The maximum absolute atomic E-state index is 12.5. The summed E-state index contributed by atoms with van der Waals surface area (Å²) in [6.07, 6.45) is 10.3. The molecule has 2 aliphatic heterocycles. The first-order chi connectivity index (χ1) is 11.1. The van der Waals surface area contributed by atoms with E-state index in [-0.39, 0.29) is 10.7 Å². The van der Waals surface area contributed by atoms with Crippen molar-refractivity contribution >= 4 is 22.8 Å². The maximum atomic E-state index is 12.5. The average Bonchev–Trinajstić information content (AvgIpc) is 3.23. The monoisotopic (exact) mass is 335 g/mol. The Morgan fingerprint density at radius 2 is 2.09 bits per heavy atom. The molecule has 4 atom stereocenters. The van der Waals surface area contributed by atoms with Crippen molar-refractivity contribution in [1.82, 2.24) is 10.2 Å². The van der Waals surface area contributed by atoms with Crippen LogP contribution in [0.1, 0.15) is 58.3 Å². The van der Waals surface area contributed by atoms with E-state index in [1.165, 1.54) is 58.0 Å². The third kappa shape index (κ3) is 3.32. The standard InChI is InChI=1S/C18H29N3OS/c1-18(7-10-21-8-3-2-4-9-21)16(22)20-17(23-18)19-15-12-13-5-6-14(15)11-13/h13-15H,2-12H2,1H3,(H,19,20,22). The Balaban J connectivity index is 1.35. The first-order valence-corrected chi connectivity index (χ1v) is 10.2. The van der Waals surface area contributed by atoms with E-state index in [4.69, 9.17) is 4.99 Å². The molecule has 2 bridgehead atoms. The van der Waals surface area contributed by atoms with Crippen LogP contribution in [0.25, 0.3) is 0 Å². The number of carbonyl (C=O) groups excluding carboxylic acids is 1. The van der Waals surface area contributed by atoms with Crippen LogP contribution in [0.15, 0.2) is 4.99 Å². The lowest BCUT2D eigenvalue weighted by atomic mass is 9.96. The molecule has 0 aromatic heterocycles. The van der Waals surface area contributed by atoms with E-state index in [0.29, 0.717) is 6.04 Å². The number of carbonyl (C=O) groups is 1. The molecule has 4 rings (SSSR count). The summed E-state index contributed by atoms with van der Waals surface area (Å²) >= 11 is 1.69. The molecule has 2 aliphatic carbocycles. The van der Waals surface area contributed by atoms with Crippen LogP contribution in [0, 0.1) is 11.8 Å². The Morgan fingerprint density at radius 1 is 1.26 bits per heavy atom. The van der Waals surface area contributed by atoms with Crippen LogP contribution in [-0.4, -0.2) is 46.4 Å². The number of aliphatic imine (C=N–C) groups is 1. The van der Waals surface area contributed by atoms with Gasteiger partial charge in [-0.1, -0.05) is 24.6 Å². The van der Waals surface area contributed by atoms with E-state index in [2.05, 4.69) is 17.1 Å². The van der Waals surface area contributed by atoms with E-state index < -0.39 is 0 Å². The molecule has 128 valence electrons. The van der Waals surface area contributed by atoms with Gasteiger partial charge in [-0.05, 0) is 76.9 Å². The largest absolute Gasteiger partial charge is 0.304 e. The van der Waals surface area contributed by atoms with E-state index in [1.807, 2.05) is 0 Å². The second-order valence-electron chi connectivity index (χ2n) is 8.12. The van der Waals surface area contributed by atoms with Gasteiger partial charge in [-0.15, -0.1) is 0 Å². The molecule has 0 spiro atoms. The molecule has 0 aromatic carbocycles. The number of amides is 1. The van der Waals surface area contributed by atoms with Gasteiger partial charge in [0.25, 0.3) is 0 Å². The number of hydrogen-bond acceptors (Lipinski definition) is 4. The molecule has 1 N–H and O–H groups in total. The predicted octanol–water partition coefficient (Wildman–Crippen LogP) is 3.03. The molecular weight excluding hydrogens is 306 g/mol. The van der Waals surface area contributed by atoms with Gasteiger partial charge in [0.1, 0.15) is 4.75 Å². The Labute approximate surface area is 143 Å². The van der Waals surface area contributed by atoms with Crippen LogP contribution in [-0.2, 0) is 4.79 Å². The fraction of sp³-hybridized carbons (Fsp3) is 0.889. The highest BCUT2D eigenvalue weighted by Gasteiger charge is 2.44. The fourth-order valence-corrected chi connectivity index (χ4v) is 5.91. The lowest BCUT2D eigenvalue weighted by Gasteiger charge is -2.29. The number of fused-ring (bicyclic) bond motifs is 2. The van der Waals surface area contributed by atoms with Crippen molar-refractivity contribution in [2.45, 2.75) is 69.1 Å². The van der Waals surface area contributed by atoms with Gasteiger partial charge < -0.3 is 10.2 Å². The van der Waals surface area contributed by atoms with E-state index >= 15 is 0 Å². The van der Waals surface area contributed by atoms with Gasteiger partial charge in [0.2, 0.25) is 5.91 Å². The molecule has 0 aromatic rings. The zero-order valence-electron chi connectivity index (χ0n) is 14.2. The van der Waals surface area contributed by atoms with E-state index in [9.17, 15) is 4.79 Å². The first kappa shape index (κ1) is 15.9. The highest BCUT2D eigenvalue weighted by Crippen LogP contribution is 2.46. The molecular formula is C18H29N3OS. The van der Waals surface area contributed by atoms with Gasteiger partial charge in [-0.2, -0.15) is 0 Å². The average molecular weight is 336 g/mol. The molecule has 1 amide bonds. The third-order valence-corrected chi connectivity index (χ3v) is 7.60. The van der Waals surface area contributed by atoms with Crippen molar-refractivity contribution < 1.29 is 4.79 Å². The van der Waals surface area contributed by atoms with Crippen molar-refractivity contribution in [3.63, 3.8) is 0 Å². The van der Waals surface area contributed by atoms with Crippen molar-refractivity contribution in [2.24, 2.45) is 16.8 Å². The highest BCUT2D eigenvalue weighted by molar-refractivity contribution is 8.16. The number of rotatable bonds is 4. The van der Waals surface area contributed by atoms with Crippen molar-refractivity contribution in [1.29, 1.82) is 0 Å². The van der Waals surface area contributed by atoms with Gasteiger partial charge in [0.15, 0.2) is 5.17 Å². The predicted molar refractivity (Wildman–Crippen MR) is 95.7 cm³/mol. The smallest absolute Gasteiger partial charge is 0.242 e. The molecule has 4 fully saturated rings. The zero-order valence-corrected chi connectivity index (χ0v) is 15.0. The summed E-state index contributed by atoms with van der Waals surface area (Å²) in [4.78, 5) is 19.9. The van der Waals surface area contributed by atoms with Crippen molar-refractivity contribution in [3.05, 3.63) is 0 Å². The van der Waals surface area contributed by atoms with Gasteiger partial charge in [0.05, 0.1) is 6.04 Å². The van der Waals surface area contributed by atoms with Crippen molar-refractivity contribution in [2.75, 3.05) is 19.6 Å². The number of likely N-dealkylation sites (tertiary alicyclic amines) is 1. The molecule has 4 aliphatic rings. The van der Waals surface area contributed by atoms with Gasteiger partial charge in [-0.3, -0.25) is 9.79 Å². The number of piperidine rings is 1. The molecule has 4 nitrogen and oxygen atoms in total. The SMILES string of the molecule is CC1(CCN2CCCCC2)SC(=NC2CC3CCC2C3)NC1=O.